The van der Waals surface area contributed by atoms with Crippen molar-refractivity contribution in [3.8, 4) is 0 Å². The number of nitrogens with zero attached hydrogens (tertiary/aromatic N) is 2. The van der Waals surface area contributed by atoms with Gasteiger partial charge in [-0.1, -0.05) is 0 Å². The van der Waals surface area contributed by atoms with Gasteiger partial charge in [0.1, 0.15) is 16.4 Å². The van der Waals surface area contributed by atoms with Crippen LogP contribution in [-0.2, 0) is 23.1 Å². The highest BCUT2D eigenvalue weighted by atomic mass is 32.2. The number of aryl methyl sites for hydroxylation is 1. The third kappa shape index (κ3) is 3.27. The van der Waals surface area contributed by atoms with Crippen molar-refractivity contribution in [2.45, 2.75) is 37.9 Å². The van der Waals surface area contributed by atoms with Gasteiger partial charge in [-0.3, -0.25) is 4.68 Å². The molecule has 110 valence electrons. The van der Waals surface area contributed by atoms with Crippen LogP contribution < -0.4 is 10.5 Å². The molecule has 3 N–H and O–H groups in total. The minimum Gasteiger partial charge on any atom is -0.464 e. The van der Waals surface area contributed by atoms with Crippen LogP contribution in [0.15, 0.2) is 33.8 Å². The molecule has 0 aliphatic rings. The first-order chi connectivity index (χ1) is 9.42. The van der Waals surface area contributed by atoms with E-state index in [4.69, 9.17) is 10.2 Å². The number of nitrogens with two attached hydrogens (primary N) is 1. The van der Waals surface area contributed by atoms with Crippen molar-refractivity contribution in [1.82, 2.24) is 14.5 Å². The number of nitrogens with one attached hydrogen (secondary N) is 1. The van der Waals surface area contributed by atoms with Gasteiger partial charge in [0.2, 0.25) is 10.0 Å². The van der Waals surface area contributed by atoms with E-state index >= 15 is 0 Å². The van der Waals surface area contributed by atoms with Crippen molar-refractivity contribution in [3.05, 3.63) is 36.0 Å². The first kappa shape index (κ1) is 14.8. The first-order valence-corrected chi connectivity index (χ1v) is 7.70. The predicted octanol–water partition coefficient (Wildman–Crippen LogP) is 0.610. The number of hydrogen-bond donors (Lipinski definition) is 2. The Labute approximate surface area is 117 Å². The lowest BCUT2D eigenvalue weighted by atomic mass is 10.4. The van der Waals surface area contributed by atoms with Crippen LogP contribution in [0, 0.1) is 6.92 Å². The summed E-state index contributed by atoms with van der Waals surface area (Å²) in [5.41, 5.74) is 5.45. The number of aromatic nitrogens is 2. The zero-order valence-corrected chi connectivity index (χ0v) is 12.2. The van der Waals surface area contributed by atoms with Crippen molar-refractivity contribution in [2.75, 3.05) is 0 Å². The molecule has 2 heterocycles. The van der Waals surface area contributed by atoms with Gasteiger partial charge < -0.3 is 10.2 Å². The zero-order valence-electron chi connectivity index (χ0n) is 11.4. The fourth-order valence-electron chi connectivity index (χ4n) is 1.95. The van der Waals surface area contributed by atoms with Gasteiger partial charge in [0.25, 0.3) is 0 Å². The van der Waals surface area contributed by atoms with Crippen LogP contribution in [0.5, 0.6) is 0 Å². The summed E-state index contributed by atoms with van der Waals surface area (Å²) in [5.74, 6) is 0.784. The van der Waals surface area contributed by atoms with Crippen LogP contribution in [0.1, 0.15) is 18.4 Å². The Morgan fingerprint density at radius 1 is 1.55 bits per heavy atom. The molecule has 1 unspecified atom stereocenters. The third-order valence-corrected chi connectivity index (χ3v) is 4.49. The highest BCUT2D eigenvalue weighted by Gasteiger charge is 2.23. The summed E-state index contributed by atoms with van der Waals surface area (Å²) in [5, 5.41) is 4.04. The van der Waals surface area contributed by atoms with Crippen LogP contribution in [-0.4, -0.2) is 24.2 Å². The second-order valence-electron chi connectivity index (χ2n) is 4.59. The molecule has 1 atom stereocenters. The van der Waals surface area contributed by atoms with Gasteiger partial charge in [-0.05, 0) is 19.9 Å². The summed E-state index contributed by atoms with van der Waals surface area (Å²) in [7, 11) is -3.62. The van der Waals surface area contributed by atoms with Gasteiger partial charge in [0, 0.05) is 24.5 Å². The second kappa shape index (κ2) is 5.78. The molecule has 0 saturated carbocycles. The maximum absolute atomic E-state index is 12.3. The van der Waals surface area contributed by atoms with E-state index in [0.29, 0.717) is 18.1 Å². The lowest BCUT2D eigenvalue weighted by Gasteiger charge is -2.13. The Morgan fingerprint density at radius 2 is 2.30 bits per heavy atom. The van der Waals surface area contributed by atoms with Crippen molar-refractivity contribution in [2.24, 2.45) is 5.73 Å². The predicted molar refractivity (Wildman–Crippen MR) is 73.3 cm³/mol. The summed E-state index contributed by atoms with van der Waals surface area (Å²) < 4.78 is 34.1. The summed E-state index contributed by atoms with van der Waals surface area (Å²) in [6, 6.07) is 2.95. The highest BCUT2D eigenvalue weighted by molar-refractivity contribution is 7.89. The van der Waals surface area contributed by atoms with Crippen LogP contribution >= 0.6 is 0 Å². The Balaban J connectivity index is 2.12. The summed E-state index contributed by atoms with van der Waals surface area (Å²) >= 11 is 0. The van der Waals surface area contributed by atoms with Crippen LogP contribution in [0.25, 0.3) is 0 Å². The second-order valence-corrected chi connectivity index (χ2v) is 6.27. The van der Waals surface area contributed by atoms with Gasteiger partial charge in [-0.15, -0.1) is 0 Å². The van der Waals surface area contributed by atoms with E-state index in [2.05, 4.69) is 9.82 Å². The van der Waals surface area contributed by atoms with E-state index in [-0.39, 0.29) is 17.5 Å². The fraction of sp³-hybridized carbons (Fsp3) is 0.417. The molecule has 0 spiro atoms. The highest BCUT2D eigenvalue weighted by Crippen LogP contribution is 2.19. The lowest BCUT2D eigenvalue weighted by molar-refractivity contribution is 0.474. The van der Waals surface area contributed by atoms with E-state index < -0.39 is 10.0 Å². The first-order valence-electron chi connectivity index (χ1n) is 6.21. The van der Waals surface area contributed by atoms with E-state index in [1.165, 1.54) is 6.07 Å². The Kier molecular flexibility index (Phi) is 4.26. The maximum atomic E-state index is 12.3. The Bertz CT molecular complexity index is 661. The average molecular weight is 298 g/mol. The smallest absolute Gasteiger partial charge is 0.244 e. The number of furan rings is 1. The summed E-state index contributed by atoms with van der Waals surface area (Å²) in [6.45, 7) is 4.00. The van der Waals surface area contributed by atoms with Crippen molar-refractivity contribution < 1.29 is 12.8 Å². The van der Waals surface area contributed by atoms with Crippen LogP contribution in [0.4, 0.5) is 0 Å². The topological polar surface area (TPSA) is 103 Å². The van der Waals surface area contributed by atoms with E-state index in [1.807, 2.05) is 0 Å². The maximum Gasteiger partial charge on any atom is 0.244 e. The number of hydrogen-bond acceptors (Lipinski definition) is 5. The molecule has 0 aliphatic carbocycles. The van der Waals surface area contributed by atoms with Gasteiger partial charge in [0.05, 0.1) is 13.1 Å². The molecular formula is C12H18N4O3S. The monoisotopic (exact) mass is 298 g/mol. The summed E-state index contributed by atoms with van der Waals surface area (Å²) in [6.07, 6.45) is 3.43. The average Bonchev–Trinajstić information content (AvgIpc) is 2.97. The van der Waals surface area contributed by atoms with E-state index in [1.54, 1.807) is 37.0 Å². The van der Waals surface area contributed by atoms with Crippen LogP contribution in [0.2, 0.25) is 0 Å². The van der Waals surface area contributed by atoms with Gasteiger partial charge in [-0.2, -0.15) is 5.10 Å². The molecule has 0 fully saturated rings. The number of rotatable bonds is 6. The Morgan fingerprint density at radius 3 is 2.85 bits per heavy atom. The molecule has 7 nitrogen and oxygen atoms in total. The van der Waals surface area contributed by atoms with E-state index in [9.17, 15) is 8.42 Å². The minimum absolute atomic E-state index is 0.130. The normalized spacial score (nSPS) is 13.6. The molecule has 0 saturated heterocycles. The molecule has 20 heavy (non-hydrogen) atoms. The van der Waals surface area contributed by atoms with Crippen molar-refractivity contribution in [1.29, 1.82) is 0 Å². The molecule has 2 aromatic heterocycles. The molecule has 0 bridgehead atoms. The van der Waals surface area contributed by atoms with Gasteiger partial charge in [0.15, 0.2) is 0 Å². The van der Waals surface area contributed by atoms with Gasteiger partial charge in [-0.25, -0.2) is 13.1 Å². The largest absolute Gasteiger partial charge is 0.464 e. The number of sulfonamides is 1. The van der Waals surface area contributed by atoms with Crippen molar-refractivity contribution in [3.63, 3.8) is 0 Å². The molecule has 8 heteroatoms. The fourth-order valence-corrected chi connectivity index (χ4v) is 3.38. The third-order valence-electron chi connectivity index (χ3n) is 2.79. The summed E-state index contributed by atoms with van der Waals surface area (Å²) in [4.78, 5) is 0.130. The standard InChI is InChI=1S/C12H18N4O3S/c1-9(8-16-5-3-4-14-16)15-20(17,18)12-6-11(7-13)19-10(12)2/h3-6,9,15H,7-8,13H2,1-2H3. The zero-order chi connectivity index (χ0) is 14.8. The molecule has 0 aliphatic heterocycles. The molecule has 0 radical (unpaired) electrons. The van der Waals surface area contributed by atoms with Gasteiger partial charge >= 0.3 is 0 Å². The SMILES string of the molecule is Cc1oc(CN)cc1S(=O)(=O)NC(C)Cn1cccn1. The molecule has 0 aromatic carbocycles. The molecule has 2 aromatic rings. The van der Waals surface area contributed by atoms with Crippen LogP contribution in [0.3, 0.4) is 0 Å². The quantitative estimate of drug-likeness (QED) is 0.813. The minimum atomic E-state index is -3.62. The van der Waals surface area contributed by atoms with E-state index in [0.717, 1.165) is 0 Å². The molecular weight excluding hydrogens is 280 g/mol. The Hall–Kier alpha value is -1.64. The lowest BCUT2D eigenvalue weighted by Crippen LogP contribution is -2.35. The van der Waals surface area contributed by atoms with Crippen molar-refractivity contribution >= 4 is 10.0 Å². The molecule has 2 rings (SSSR count). The molecule has 0 amide bonds.